The Hall–Kier alpha value is -3.13. The van der Waals surface area contributed by atoms with E-state index in [9.17, 15) is 24.4 Å². The molecule has 0 spiro atoms. The lowest BCUT2D eigenvalue weighted by Gasteiger charge is -2.23. The molecule has 1 saturated heterocycles. The zero-order valence-electron chi connectivity index (χ0n) is 15.1. The first-order valence-corrected chi connectivity index (χ1v) is 9.75. The number of hydrogen-bond donors (Lipinski definition) is 3. The second-order valence-corrected chi connectivity index (χ2v) is 7.30. The molecule has 1 aliphatic heterocycles. The van der Waals surface area contributed by atoms with Crippen LogP contribution >= 0.6 is 11.8 Å². The van der Waals surface area contributed by atoms with E-state index in [-0.39, 0.29) is 22.5 Å². The van der Waals surface area contributed by atoms with Crippen molar-refractivity contribution >= 4 is 48.1 Å². The summed E-state index contributed by atoms with van der Waals surface area (Å²) in [5.41, 5.74) is 1.16. The van der Waals surface area contributed by atoms with Gasteiger partial charge in [-0.3, -0.25) is 14.4 Å². The Labute approximate surface area is 171 Å². The van der Waals surface area contributed by atoms with Crippen LogP contribution in [-0.4, -0.2) is 57.8 Å². The Bertz CT molecular complexity index is 990. The summed E-state index contributed by atoms with van der Waals surface area (Å²) < 4.78 is 0. The Morgan fingerprint density at radius 1 is 1.24 bits per heavy atom. The summed E-state index contributed by atoms with van der Waals surface area (Å²) in [6, 6.07) is 11.7. The van der Waals surface area contributed by atoms with Crippen molar-refractivity contribution in [2.45, 2.75) is 6.04 Å². The van der Waals surface area contributed by atoms with Crippen LogP contribution in [0.15, 0.2) is 42.5 Å². The largest absolute Gasteiger partial charge is 0.489 e. The number of carbonyl (C=O) groups excluding carboxylic acids is 3. The smallest absolute Gasteiger partial charge is 0.423 e. The molecule has 2 aromatic rings. The predicted octanol–water partition coefficient (Wildman–Crippen LogP) is 0.204. The number of aldehydes is 1. The highest BCUT2D eigenvalue weighted by molar-refractivity contribution is 7.99. The monoisotopic (exact) mass is 409 g/mol. The van der Waals surface area contributed by atoms with Gasteiger partial charge in [0.15, 0.2) is 0 Å². The van der Waals surface area contributed by atoms with Crippen molar-refractivity contribution < 1.29 is 24.4 Å². The lowest BCUT2D eigenvalue weighted by Crippen LogP contribution is -2.44. The van der Waals surface area contributed by atoms with Crippen molar-refractivity contribution in [1.82, 2.24) is 4.90 Å². The number of rotatable bonds is 5. The van der Waals surface area contributed by atoms with E-state index in [1.807, 2.05) is 6.07 Å². The standard InChI is InChI=1S/C19H16BN3O5S/c21-8-12-1-4-15(5-2-12)22-18(25)17-10-29-11-23(17)19(26)13-3-6-16(20(27)28)14(7-13)9-24/h1-7,9,17,27-28H,10-11H2,(H,22,25). The number of benzene rings is 2. The van der Waals surface area contributed by atoms with Crippen LogP contribution in [0.1, 0.15) is 26.3 Å². The number of thioether (sulfide) groups is 1. The summed E-state index contributed by atoms with van der Waals surface area (Å²) in [7, 11) is -1.83. The number of nitriles is 1. The Morgan fingerprint density at radius 2 is 1.97 bits per heavy atom. The van der Waals surface area contributed by atoms with Crippen molar-refractivity contribution in [3.8, 4) is 6.07 Å². The van der Waals surface area contributed by atoms with Crippen LogP contribution in [0.4, 0.5) is 5.69 Å². The third-order valence-corrected chi connectivity index (χ3v) is 5.48. The number of carbonyl (C=O) groups is 3. The normalized spacial score (nSPS) is 15.5. The molecule has 0 saturated carbocycles. The molecule has 0 aromatic heterocycles. The van der Waals surface area contributed by atoms with Crippen LogP contribution in [0.25, 0.3) is 0 Å². The van der Waals surface area contributed by atoms with Gasteiger partial charge in [0.1, 0.15) is 12.3 Å². The van der Waals surface area contributed by atoms with Gasteiger partial charge in [0.2, 0.25) is 5.91 Å². The number of nitrogens with one attached hydrogen (secondary N) is 1. The molecule has 3 rings (SSSR count). The van der Waals surface area contributed by atoms with Gasteiger partial charge in [-0.15, -0.1) is 11.8 Å². The maximum Gasteiger partial charge on any atom is 0.489 e. The van der Waals surface area contributed by atoms with E-state index in [4.69, 9.17) is 5.26 Å². The highest BCUT2D eigenvalue weighted by atomic mass is 32.2. The van der Waals surface area contributed by atoms with E-state index in [1.54, 1.807) is 24.3 Å². The molecule has 1 fully saturated rings. The van der Waals surface area contributed by atoms with E-state index in [0.717, 1.165) is 0 Å². The van der Waals surface area contributed by atoms with E-state index in [1.165, 1.54) is 34.9 Å². The SMILES string of the molecule is N#Cc1ccc(NC(=O)C2CSCN2C(=O)c2ccc(B(O)O)c(C=O)c2)cc1. The first-order chi connectivity index (χ1) is 13.9. The Balaban J connectivity index is 1.77. The van der Waals surface area contributed by atoms with Crippen molar-refractivity contribution in [2.75, 3.05) is 16.9 Å². The maximum absolute atomic E-state index is 12.9. The van der Waals surface area contributed by atoms with Gasteiger partial charge in [-0.2, -0.15) is 5.26 Å². The third kappa shape index (κ3) is 4.48. The van der Waals surface area contributed by atoms with Crippen LogP contribution in [0.3, 0.4) is 0 Å². The second kappa shape index (κ2) is 8.92. The fourth-order valence-corrected chi connectivity index (χ4v) is 4.08. The molecule has 0 aliphatic carbocycles. The van der Waals surface area contributed by atoms with E-state index < -0.39 is 19.1 Å². The van der Waals surface area contributed by atoms with Crippen molar-refractivity contribution in [1.29, 1.82) is 5.26 Å². The second-order valence-electron chi connectivity index (χ2n) is 6.30. The molecular weight excluding hydrogens is 393 g/mol. The van der Waals surface area contributed by atoms with Gasteiger partial charge in [-0.05, 0) is 41.9 Å². The molecule has 2 amide bonds. The van der Waals surface area contributed by atoms with Gasteiger partial charge in [-0.25, -0.2) is 0 Å². The molecule has 146 valence electrons. The number of amides is 2. The molecule has 1 atom stereocenters. The molecule has 0 bridgehead atoms. The first-order valence-electron chi connectivity index (χ1n) is 8.59. The van der Waals surface area contributed by atoms with Crippen LogP contribution in [0, 0.1) is 11.3 Å². The predicted molar refractivity (Wildman–Crippen MR) is 109 cm³/mol. The number of nitrogens with zero attached hydrogens (tertiary/aromatic N) is 2. The van der Waals surface area contributed by atoms with Gasteiger partial charge in [0.25, 0.3) is 5.91 Å². The average Bonchev–Trinajstić information content (AvgIpc) is 3.23. The van der Waals surface area contributed by atoms with Crippen LogP contribution < -0.4 is 10.8 Å². The van der Waals surface area contributed by atoms with E-state index >= 15 is 0 Å². The summed E-state index contributed by atoms with van der Waals surface area (Å²) in [5.74, 6) is -0.0597. The molecular formula is C19H16BN3O5S. The fraction of sp³-hybridized carbons (Fsp3) is 0.158. The summed E-state index contributed by atoms with van der Waals surface area (Å²) in [4.78, 5) is 38.2. The molecule has 29 heavy (non-hydrogen) atoms. The minimum Gasteiger partial charge on any atom is -0.423 e. The van der Waals surface area contributed by atoms with Gasteiger partial charge in [0, 0.05) is 22.6 Å². The van der Waals surface area contributed by atoms with Crippen LogP contribution in [0.5, 0.6) is 0 Å². The number of hydrogen-bond acceptors (Lipinski definition) is 7. The Morgan fingerprint density at radius 3 is 2.59 bits per heavy atom. The molecule has 10 heteroatoms. The lowest BCUT2D eigenvalue weighted by molar-refractivity contribution is -0.119. The summed E-state index contributed by atoms with van der Waals surface area (Å²) in [5, 5.41) is 30.2. The van der Waals surface area contributed by atoms with E-state index in [0.29, 0.717) is 29.2 Å². The van der Waals surface area contributed by atoms with Crippen molar-refractivity contribution in [2.24, 2.45) is 0 Å². The van der Waals surface area contributed by atoms with Gasteiger partial charge in [0.05, 0.1) is 17.5 Å². The maximum atomic E-state index is 12.9. The van der Waals surface area contributed by atoms with Crippen molar-refractivity contribution in [3.05, 3.63) is 59.2 Å². The molecule has 1 unspecified atom stereocenters. The van der Waals surface area contributed by atoms with Crippen LogP contribution in [-0.2, 0) is 4.79 Å². The zero-order chi connectivity index (χ0) is 21.0. The molecule has 1 heterocycles. The van der Waals surface area contributed by atoms with Gasteiger partial charge < -0.3 is 20.3 Å². The van der Waals surface area contributed by atoms with Crippen LogP contribution in [0.2, 0.25) is 0 Å². The summed E-state index contributed by atoms with van der Waals surface area (Å²) in [6.45, 7) is 0. The Kier molecular flexibility index (Phi) is 6.34. The highest BCUT2D eigenvalue weighted by Crippen LogP contribution is 2.24. The lowest BCUT2D eigenvalue weighted by atomic mass is 9.77. The minimum absolute atomic E-state index is 0.00227. The molecule has 0 radical (unpaired) electrons. The molecule has 8 nitrogen and oxygen atoms in total. The van der Waals surface area contributed by atoms with Gasteiger partial charge >= 0.3 is 7.12 Å². The molecule has 3 N–H and O–H groups in total. The fourth-order valence-electron chi connectivity index (χ4n) is 2.92. The summed E-state index contributed by atoms with van der Waals surface area (Å²) in [6.07, 6.45) is 0.444. The topological polar surface area (TPSA) is 131 Å². The quantitative estimate of drug-likeness (QED) is 0.475. The number of anilines is 1. The van der Waals surface area contributed by atoms with E-state index in [2.05, 4.69) is 5.32 Å². The third-order valence-electron chi connectivity index (χ3n) is 4.47. The highest BCUT2D eigenvalue weighted by Gasteiger charge is 2.35. The van der Waals surface area contributed by atoms with Gasteiger partial charge in [-0.1, -0.05) is 6.07 Å². The first kappa shape index (κ1) is 20.6. The average molecular weight is 409 g/mol. The molecule has 1 aliphatic rings. The minimum atomic E-state index is -1.83. The zero-order valence-corrected chi connectivity index (χ0v) is 15.9. The molecule has 2 aromatic carbocycles. The van der Waals surface area contributed by atoms with Crippen molar-refractivity contribution in [3.63, 3.8) is 0 Å². The summed E-state index contributed by atoms with van der Waals surface area (Å²) >= 11 is 1.43.